The van der Waals surface area contributed by atoms with Gasteiger partial charge in [0.1, 0.15) is 5.69 Å². The van der Waals surface area contributed by atoms with Crippen molar-refractivity contribution in [1.29, 1.82) is 0 Å². The number of nitrogens with zero attached hydrogens (tertiary/aromatic N) is 1. The Kier molecular flexibility index (Phi) is 3.85. The van der Waals surface area contributed by atoms with Gasteiger partial charge in [-0.15, -0.1) is 0 Å². The highest BCUT2D eigenvalue weighted by Crippen LogP contribution is 2.33. The van der Waals surface area contributed by atoms with Crippen LogP contribution in [0.25, 0.3) is 10.9 Å². The molecule has 1 amide bonds. The molecule has 1 aromatic heterocycles. The Morgan fingerprint density at radius 1 is 1.13 bits per heavy atom. The van der Waals surface area contributed by atoms with Crippen molar-refractivity contribution in [1.82, 2.24) is 9.88 Å². The highest BCUT2D eigenvalue weighted by molar-refractivity contribution is 14.1. The maximum Gasteiger partial charge on any atom is 0.270 e. The summed E-state index contributed by atoms with van der Waals surface area (Å²) in [7, 11) is 0. The van der Waals surface area contributed by atoms with Crippen molar-refractivity contribution in [2.45, 2.75) is 18.9 Å². The predicted octanol–water partition coefficient (Wildman–Crippen LogP) is 4.75. The molecule has 1 aliphatic heterocycles. The first kappa shape index (κ1) is 14.8. The molecular formula is C19H17IN2O. The fraction of sp³-hybridized carbons (Fsp3) is 0.211. The molecule has 0 spiro atoms. The van der Waals surface area contributed by atoms with E-state index in [1.807, 2.05) is 35.2 Å². The third-order valence-corrected chi connectivity index (χ3v) is 5.25. The molecule has 3 nitrogen and oxygen atoms in total. The van der Waals surface area contributed by atoms with Crippen LogP contribution in [0.5, 0.6) is 0 Å². The number of rotatable bonds is 2. The van der Waals surface area contributed by atoms with Gasteiger partial charge in [-0.2, -0.15) is 0 Å². The van der Waals surface area contributed by atoms with Gasteiger partial charge >= 0.3 is 0 Å². The zero-order chi connectivity index (χ0) is 15.8. The van der Waals surface area contributed by atoms with Gasteiger partial charge in [-0.25, -0.2) is 0 Å². The molecular weight excluding hydrogens is 399 g/mol. The van der Waals surface area contributed by atoms with Crippen molar-refractivity contribution in [3.05, 3.63) is 69.4 Å². The smallest absolute Gasteiger partial charge is 0.270 e. The van der Waals surface area contributed by atoms with Gasteiger partial charge in [0.05, 0.1) is 6.04 Å². The van der Waals surface area contributed by atoms with Gasteiger partial charge in [0, 0.05) is 21.0 Å². The van der Waals surface area contributed by atoms with E-state index in [0.29, 0.717) is 5.69 Å². The van der Waals surface area contributed by atoms with Crippen molar-refractivity contribution >= 4 is 39.4 Å². The second kappa shape index (κ2) is 6.00. The normalized spacial score (nSPS) is 17.8. The first-order valence-electron chi connectivity index (χ1n) is 7.86. The monoisotopic (exact) mass is 416 g/mol. The fourth-order valence-corrected chi connectivity index (χ4v) is 3.74. The number of hydrogen-bond acceptors (Lipinski definition) is 1. The van der Waals surface area contributed by atoms with Gasteiger partial charge in [0.15, 0.2) is 0 Å². The van der Waals surface area contributed by atoms with E-state index in [2.05, 4.69) is 51.8 Å². The van der Waals surface area contributed by atoms with Gasteiger partial charge in [0.25, 0.3) is 5.91 Å². The lowest BCUT2D eigenvalue weighted by molar-refractivity contribution is 0.0730. The predicted molar refractivity (Wildman–Crippen MR) is 100 cm³/mol. The SMILES string of the molecule is O=C(c1cc2ccccc2[nH]1)N1CCC[C@H]1c1ccc(I)cc1. The van der Waals surface area contributed by atoms with Crippen LogP contribution in [-0.2, 0) is 0 Å². The van der Waals surface area contributed by atoms with E-state index in [1.165, 1.54) is 9.13 Å². The Bertz CT molecular complexity index is 820. The van der Waals surface area contributed by atoms with E-state index in [0.717, 1.165) is 30.3 Å². The maximum atomic E-state index is 13.0. The lowest BCUT2D eigenvalue weighted by atomic mass is 10.0. The number of carbonyl (C=O) groups is 1. The number of para-hydroxylation sites is 1. The van der Waals surface area contributed by atoms with Gasteiger partial charge in [-0.3, -0.25) is 4.79 Å². The number of carbonyl (C=O) groups excluding carboxylic acids is 1. The average Bonchev–Trinajstić information content (AvgIpc) is 3.21. The Hall–Kier alpha value is -1.82. The summed E-state index contributed by atoms with van der Waals surface area (Å²) in [4.78, 5) is 18.2. The van der Waals surface area contributed by atoms with Gasteiger partial charge in [-0.1, -0.05) is 30.3 Å². The molecule has 0 aliphatic carbocycles. The molecule has 2 heterocycles. The average molecular weight is 416 g/mol. The van der Waals surface area contributed by atoms with Crippen molar-refractivity contribution < 1.29 is 4.79 Å². The number of aromatic nitrogens is 1. The summed E-state index contributed by atoms with van der Waals surface area (Å²) < 4.78 is 1.22. The van der Waals surface area contributed by atoms with E-state index in [1.54, 1.807) is 0 Å². The second-order valence-corrected chi connectivity index (χ2v) is 7.22. The van der Waals surface area contributed by atoms with Crippen molar-refractivity contribution in [2.75, 3.05) is 6.54 Å². The summed E-state index contributed by atoms with van der Waals surface area (Å²) in [6.45, 7) is 0.824. The van der Waals surface area contributed by atoms with E-state index in [-0.39, 0.29) is 11.9 Å². The van der Waals surface area contributed by atoms with Crippen LogP contribution < -0.4 is 0 Å². The highest BCUT2D eigenvalue weighted by atomic mass is 127. The van der Waals surface area contributed by atoms with E-state index < -0.39 is 0 Å². The molecule has 1 saturated heterocycles. The number of halogens is 1. The zero-order valence-electron chi connectivity index (χ0n) is 12.6. The lowest BCUT2D eigenvalue weighted by Gasteiger charge is -2.24. The van der Waals surface area contributed by atoms with Gasteiger partial charge in [-0.05, 0) is 65.3 Å². The standard InChI is InChI=1S/C19H17IN2O/c20-15-9-7-13(8-10-15)18-6-3-11-22(18)19(23)17-12-14-4-1-2-5-16(14)21-17/h1-2,4-5,7-10,12,18,21H,3,6,11H2/t18-/m0/s1. The summed E-state index contributed by atoms with van der Waals surface area (Å²) in [5, 5.41) is 1.08. The maximum absolute atomic E-state index is 13.0. The molecule has 0 bridgehead atoms. The minimum Gasteiger partial charge on any atom is -0.351 e. The molecule has 4 heteroatoms. The molecule has 1 N–H and O–H groups in total. The lowest BCUT2D eigenvalue weighted by Crippen LogP contribution is -2.30. The highest BCUT2D eigenvalue weighted by Gasteiger charge is 2.31. The Labute approximate surface area is 148 Å². The van der Waals surface area contributed by atoms with Crippen LogP contribution in [0.4, 0.5) is 0 Å². The Morgan fingerprint density at radius 3 is 2.70 bits per heavy atom. The number of H-pyrrole nitrogens is 1. The number of fused-ring (bicyclic) bond motifs is 1. The summed E-state index contributed by atoms with van der Waals surface area (Å²) in [5.74, 6) is 0.0993. The van der Waals surface area contributed by atoms with Gasteiger partial charge < -0.3 is 9.88 Å². The molecule has 0 saturated carbocycles. The number of amides is 1. The van der Waals surface area contributed by atoms with Crippen molar-refractivity contribution in [3.8, 4) is 0 Å². The second-order valence-electron chi connectivity index (χ2n) is 5.98. The summed E-state index contributed by atoms with van der Waals surface area (Å²) in [6, 6.07) is 18.7. The minimum atomic E-state index is 0.0993. The zero-order valence-corrected chi connectivity index (χ0v) is 14.8. The molecule has 1 fully saturated rings. The minimum absolute atomic E-state index is 0.0993. The number of nitrogens with one attached hydrogen (secondary N) is 1. The van der Waals surface area contributed by atoms with Crippen LogP contribution in [-0.4, -0.2) is 22.3 Å². The molecule has 1 aliphatic rings. The summed E-state index contributed by atoms with van der Waals surface area (Å²) in [6.07, 6.45) is 2.09. The van der Waals surface area contributed by atoms with Crippen molar-refractivity contribution in [3.63, 3.8) is 0 Å². The van der Waals surface area contributed by atoms with Crippen LogP contribution in [0.1, 0.15) is 34.9 Å². The van der Waals surface area contributed by atoms with Crippen LogP contribution in [0.3, 0.4) is 0 Å². The van der Waals surface area contributed by atoms with Gasteiger partial charge in [0.2, 0.25) is 0 Å². The largest absolute Gasteiger partial charge is 0.351 e. The number of likely N-dealkylation sites (tertiary alicyclic amines) is 1. The Morgan fingerprint density at radius 2 is 1.91 bits per heavy atom. The van der Waals surface area contributed by atoms with E-state index in [4.69, 9.17) is 0 Å². The molecule has 0 radical (unpaired) electrons. The summed E-state index contributed by atoms with van der Waals surface area (Å²) in [5.41, 5.74) is 2.93. The van der Waals surface area contributed by atoms with E-state index >= 15 is 0 Å². The molecule has 0 unspecified atom stereocenters. The molecule has 1 atom stereocenters. The molecule has 3 aromatic rings. The molecule has 23 heavy (non-hydrogen) atoms. The third kappa shape index (κ3) is 2.76. The number of benzene rings is 2. The molecule has 4 rings (SSSR count). The van der Waals surface area contributed by atoms with Crippen LogP contribution in [0.2, 0.25) is 0 Å². The van der Waals surface area contributed by atoms with Crippen LogP contribution >= 0.6 is 22.6 Å². The summed E-state index contributed by atoms with van der Waals surface area (Å²) >= 11 is 2.31. The number of aromatic amines is 1. The topological polar surface area (TPSA) is 36.1 Å². The molecule has 116 valence electrons. The number of hydrogen-bond donors (Lipinski definition) is 1. The third-order valence-electron chi connectivity index (χ3n) is 4.53. The fourth-order valence-electron chi connectivity index (χ4n) is 3.38. The quantitative estimate of drug-likeness (QED) is 0.602. The van der Waals surface area contributed by atoms with Crippen LogP contribution in [0.15, 0.2) is 54.6 Å². The van der Waals surface area contributed by atoms with Crippen LogP contribution in [0, 0.1) is 3.57 Å². The first-order valence-corrected chi connectivity index (χ1v) is 8.94. The van der Waals surface area contributed by atoms with Crippen molar-refractivity contribution in [2.24, 2.45) is 0 Å². The first-order chi connectivity index (χ1) is 11.2. The molecule has 2 aromatic carbocycles. The Balaban J connectivity index is 1.65. The van der Waals surface area contributed by atoms with E-state index in [9.17, 15) is 4.79 Å².